The fraction of sp³-hybridized carbons (Fsp3) is 0.136. The van der Waals surface area contributed by atoms with Crippen LogP contribution in [-0.2, 0) is 0 Å². The molecule has 0 radical (unpaired) electrons. The van der Waals surface area contributed by atoms with Gasteiger partial charge in [-0.1, -0.05) is 42.2 Å². The second-order valence-corrected chi connectivity index (χ2v) is 6.08. The second-order valence-electron chi connectivity index (χ2n) is 6.08. The monoisotopic (exact) mass is 388 g/mol. The Bertz CT molecular complexity index is 1080. The number of primary amides is 1. The van der Waals surface area contributed by atoms with Gasteiger partial charge in [-0.3, -0.25) is 9.59 Å². The number of nitrogens with two attached hydrogens (primary N) is 1. The highest BCUT2D eigenvalue weighted by molar-refractivity contribution is 5.96. The summed E-state index contributed by atoms with van der Waals surface area (Å²) in [5, 5.41) is 7.02. The van der Waals surface area contributed by atoms with Crippen LogP contribution in [0.2, 0.25) is 0 Å². The highest BCUT2D eigenvalue weighted by Gasteiger charge is 2.14. The van der Waals surface area contributed by atoms with Crippen molar-refractivity contribution in [2.24, 2.45) is 5.73 Å². The molecule has 7 heteroatoms. The van der Waals surface area contributed by atoms with Gasteiger partial charge in [-0.2, -0.15) is 5.10 Å². The lowest BCUT2D eigenvalue weighted by atomic mass is 10.2. The average Bonchev–Trinajstić information content (AvgIpc) is 3.12. The number of para-hydroxylation sites is 2. The van der Waals surface area contributed by atoms with Gasteiger partial charge in [0.25, 0.3) is 11.8 Å². The SMILES string of the molecule is Cc1c(C(=O)NCC#CCOc2ccccc2C(N)=O)cnn1-c1ccccc1. The number of amides is 2. The molecule has 146 valence electrons. The Morgan fingerprint density at radius 1 is 1.07 bits per heavy atom. The first-order valence-corrected chi connectivity index (χ1v) is 8.93. The van der Waals surface area contributed by atoms with Crippen molar-refractivity contribution in [2.75, 3.05) is 13.2 Å². The van der Waals surface area contributed by atoms with Crippen molar-refractivity contribution < 1.29 is 14.3 Å². The van der Waals surface area contributed by atoms with E-state index in [0.29, 0.717) is 16.9 Å². The fourth-order valence-electron chi connectivity index (χ4n) is 2.71. The summed E-state index contributed by atoms with van der Waals surface area (Å²) in [7, 11) is 0. The molecule has 0 bridgehead atoms. The van der Waals surface area contributed by atoms with Gasteiger partial charge in [-0.05, 0) is 31.2 Å². The van der Waals surface area contributed by atoms with Crippen LogP contribution < -0.4 is 15.8 Å². The number of hydrogen-bond acceptors (Lipinski definition) is 4. The van der Waals surface area contributed by atoms with Crippen molar-refractivity contribution in [2.45, 2.75) is 6.92 Å². The van der Waals surface area contributed by atoms with Gasteiger partial charge in [-0.15, -0.1) is 0 Å². The number of ether oxygens (including phenoxy) is 1. The van der Waals surface area contributed by atoms with E-state index < -0.39 is 5.91 Å². The molecular weight excluding hydrogens is 368 g/mol. The summed E-state index contributed by atoms with van der Waals surface area (Å²) < 4.78 is 7.17. The van der Waals surface area contributed by atoms with Crippen molar-refractivity contribution in [3.8, 4) is 23.3 Å². The average molecular weight is 388 g/mol. The van der Waals surface area contributed by atoms with Gasteiger partial charge >= 0.3 is 0 Å². The lowest BCUT2D eigenvalue weighted by Crippen LogP contribution is -2.24. The summed E-state index contributed by atoms with van der Waals surface area (Å²) >= 11 is 0. The first kappa shape index (κ1) is 19.7. The summed E-state index contributed by atoms with van der Waals surface area (Å²) in [6.07, 6.45) is 1.54. The van der Waals surface area contributed by atoms with Crippen LogP contribution in [0.5, 0.6) is 5.75 Å². The predicted octanol–water partition coefficient (Wildman–Crippen LogP) is 2.09. The van der Waals surface area contributed by atoms with Crippen molar-refractivity contribution in [1.29, 1.82) is 0 Å². The van der Waals surface area contributed by atoms with E-state index in [4.69, 9.17) is 10.5 Å². The van der Waals surface area contributed by atoms with Gasteiger partial charge in [0, 0.05) is 0 Å². The number of aromatic nitrogens is 2. The highest BCUT2D eigenvalue weighted by atomic mass is 16.5. The van der Waals surface area contributed by atoms with Crippen LogP contribution in [0.25, 0.3) is 5.69 Å². The molecule has 0 aliphatic carbocycles. The van der Waals surface area contributed by atoms with Crippen molar-refractivity contribution in [1.82, 2.24) is 15.1 Å². The van der Waals surface area contributed by atoms with E-state index >= 15 is 0 Å². The summed E-state index contributed by atoms with van der Waals surface area (Å²) in [4.78, 5) is 23.7. The summed E-state index contributed by atoms with van der Waals surface area (Å²) in [5.74, 6) is 5.17. The summed E-state index contributed by atoms with van der Waals surface area (Å²) in [6, 6.07) is 16.3. The maximum absolute atomic E-state index is 12.4. The molecule has 0 aliphatic heterocycles. The minimum atomic E-state index is -0.563. The molecule has 1 heterocycles. The van der Waals surface area contributed by atoms with Crippen LogP contribution in [0.1, 0.15) is 26.4 Å². The zero-order valence-corrected chi connectivity index (χ0v) is 15.9. The maximum atomic E-state index is 12.4. The Morgan fingerprint density at radius 3 is 2.55 bits per heavy atom. The number of rotatable bonds is 6. The Morgan fingerprint density at radius 2 is 1.79 bits per heavy atom. The number of benzene rings is 2. The zero-order valence-electron chi connectivity index (χ0n) is 15.9. The molecule has 2 aromatic carbocycles. The Balaban J connectivity index is 1.53. The van der Waals surface area contributed by atoms with Crippen LogP contribution in [0, 0.1) is 18.8 Å². The van der Waals surface area contributed by atoms with Gasteiger partial charge in [0.2, 0.25) is 0 Å². The zero-order chi connectivity index (χ0) is 20.6. The largest absolute Gasteiger partial charge is 0.480 e. The van der Waals surface area contributed by atoms with Gasteiger partial charge in [-0.25, -0.2) is 4.68 Å². The third-order valence-corrected chi connectivity index (χ3v) is 4.17. The van der Waals surface area contributed by atoms with E-state index in [1.807, 2.05) is 37.3 Å². The molecule has 0 spiro atoms. The van der Waals surface area contributed by atoms with E-state index in [2.05, 4.69) is 22.3 Å². The van der Waals surface area contributed by atoms with E-state index in [0.717, 1.165) is 11.4 Å². The molecule has 3 rings (SSSR count). The number of carbonyl (C=O) groups is 2. The lowest BCUT2D eigenvalue weighted by molar-refractivity contribution is 0.0956. The molecule has 0 fully saturated rings. The van der Waals surface area contributed by atoms with Crippen LogP contribution in [0.15, 0.2) is 60.8 Å². The molecule has 0 saturated heterocycles. The molecule has 0 saturated carbocycles. The van der Waals surface area contributed by atoms with Crippen molar-refractivity contribution >= 4 is 11.8 Å². The molecule has 29 heavy (non-hydrogen) atoms. The van der Waals surface area contributed by atoms with Crippen molar-refractivity contribution in [3.63, 3.8) is 0 Å². The van der Waals surface area contributed by atoms with E-state index in [9.17, 15) is 9.59 Å². The van der Waals surface area contributed by atoms with Gasteiger partial charge < -0.3 is 15.8 Å². The molecule has 3 N–H and O–H groups in total. The Kier molecular flexibility index (Phi) is 6.28. The van der Waals surface area contributed by atoms with Gasteiger partial charge in [0.1, 0.15) is 12.4 Å². The van der Waals surface area contributed by atoms with Crippen LogP contribution >= 0.6 is 0 Å². The van der Waals surface area contributed by atoms with E-state index in [-0.39, 0.29) is 19.1 Å². The minimum absolute atomic E-state index is 0.0745. The van der Waals surface area contributed by atoms with Gasteiger partial charge in [0.15, 0.2) is 0 Å². The topological polar surface area (TPSA) is 99.2 Å². The molecule has 2 amide bonds. The fourth-order valence-corrected chi connectivity index (χ4v) is 2.71. The molecule has 0 atom stereocenters. The lowest BCUT2D eigenvalue weighted by Gasteiger charge is -2.06. The third kappa shape index (κ3) is 4.82. The second kappa shape index (κ2) is 9.24. The summed E-state index contributed by atoms with van der Waals surface area (Å²) in [5.41, 5.74) is 7.71. The quantitative estimate of drug-likeness (QED) is 0.632. The van der Waals surface area contributed by atoms with E-state index in [1.165, 1.54) is 6.20 Å². The molecule has 0 unspecified atom stereocenters. The number of nitrogens with zero attached hydrogens (tertiary/aromatic N) is 2. The molecular formula is C22H20N4O3. The highest BCUT2D eigenvalue weighted by Crippen LogP contribution is 2.16. The Hall–Kier alpha value is -4.05. The van der Waals surface area contributed by atoms with Crippen LogP contribution in [0.3, 0.4) is 0 Å². The molecule has 3 aromatic rings. The molecule has 7 nitrogen and oxygen atoms in total. The van der Waals surface area contributed by atoms with E-state index in [1.54, 1.807) is 28.9 Å². The third-order valence-electron chi connectivity index (χ3n) is 4.17. The normalized spacial score (nSPS) is 9.97. The first-order valence-electron chi connectivity index (χ1n) is 8.93. The number of nitrogens with one attached hydrogen (secondary N) is 1. The predicted molar refractivity (Wildman–Crippen MR) is 109 cm³/mol. The standard InChI is InChI=1S/C22H20N4O3/c1-16-19(15-25-26(16)17-9-3-2-4-10-17)22(28)24-13-7-8-14-29-20-12-6-5-11-18(20)21(23)27/h2-6,9-12,15H,13-14H2,1H3,(H2,23,27)(H,24,28). The van der Waals surface area contributed by atoms with Gasteiger partial charge in [0.05, 0.1) is 35.2 Å². The van der Waals surface area contributed by atoms with Crippen LogP contribution in [0.4, 0.5) is 0 Å². The first-order chi connectivity index (χ1) is 14.1. The molecule has 1 aromatic heterocycles. The molecule has 0 aliphatic rings. The van der Waals surface area contributed by atoms with Crippen molar-refractivity contribution in [3.05, 3.63) is 77.6 Å². The number of hydrogen-bond donors (Lipinski definition) is 2. The minimum Gasteiger partial charge on any atom is -0.480 e. The Labute approximate surface area is 168 Å². The smallest absolute Gasteiger partial charge is 0.255 e. The van der Waals surface area contributed by atoms with Crippen LogP contribution in [-0.4, -0.2) is 34.7 Å². The number of carbonyl (C=O) groups excluding carboxylic acids is 2. The summed E-state index contributed by atoms with van der Waals surface area (Å²) in [6.45, 7) is 2.07. The maximum Gasteiger partial charge on any atom is 0.255 e.